The predicted molar refractivity (Wildman–Crippen MR) is 201 cm³/mol. The van der Waals surface area contributed by atoms with E-state index in [1.54, 1.807) is 0 Å². The van der Waals surface area contributed by atoms with Gasteiger partial charge in [-0.15, -0.1) is 0 Å². The van der Waals surface area contributed by atoms with Gasteiger partial charge in [0, 0.05) is 32.8 Å². The fourth-order valence-electron chi connectivity index (χ4n) is 7.53. The van der Waals surface area contributed by atoms with Crippen molar-refractivity contribution in [2.24, 2.45) is 0 Å². The Morgan fingerprint density at radius 2 is 0.979 bits per heavy atom. The number of pyridine rings is 1. The van der Waals surface area contributed by atoms with Crippen molar-refractivity contribution in [1.82, 2.24) is 14.1 Å². The van der Waals surface area contributed by atoms with E-state index in [9.17, 15) is 0 Å². The number of hydrogen-bond donors (Lipinski definition) is 0. The van der Waals surface area contributed by atoms with Crippen LogP contribution in [0.3, 0.4) is 0 Å². The Balaban J connectivity index is 1.36. The summed E-state index contributed by atoms with van der Waals surface area (Å²) in [7, 11) is 0. The molecule has 224 valence electrons. The first kappa shape index (κ1) is 26.7. The molecule has 48 heavy (non-hydrogen) atoms. The minimum absolute atomic E-state index is 0.900. The van der Waals surface area contributed by atoms with E-state index in [0.717, 1.165) is 39.4 Å². The third-order valence-corrected chi connectivity index (χ3v) is 9.68. The van der Waals surface area contributed by atoms with Gasteiger partial charge >= 0.3 is 0 Å². The molecule has 3 heteroatoms. The topological polar surface area (TPSA) is 22.8 Å². The smallest absolute Gasteiger partial charge is 0.138 e. The van der Waals surface area contributed by atoms with Gasteiger partial charge in [0.2, 0.25) is 0 Å². The molecule has 7 aromatic carbocycles. The van der Waals surface area contributed by atoms with E-state index in [0.29, 0.717) is 0 Å². The van der Waals surface area contributed by atoms with E-state index < -0.39 is 0 Å². The second kappa shape index (κ2) is 10.5. The first-order chi connectivity index (χ1) is 23.8. The molecule has 3 nitrogen and oxygen atoms in total. The summed E-state index contributed by atoms with van der Waals surface area (Å²) in [6.07, 6.45) is 0. The lowest BCUT2D eigenvalue weighted by Gasteiger charge is -2.13. The number of hydrogen-bond acceptors (Lipinski definition) is 1. The number of para-hydroxylation sites is 2. The molecule has 0 saturated heterocycles. The molecule has 0 N–H and O–H groups in total. The van der Waals surface area contributed by atoms with Crippen molar-refractivity contribution in [2.45, 2.75) is 0 Å². The second-order valence-corrected chi connectivity index (χ2v) is 12.4. The molecule has 0 amide bonds. The molecule has 0 aliphatic carbocycles. The maximum absolute atomic E-state index is 5.37. The lowest BCUT2D eigenvalue weighted by molar-refractivity contribution is 1.08. The SMILES string of the molecule is c1ccc(-c2cc(-c3ccccc3)nc(-n3c4ccccc4c4cc5c(cc43)c3c4ccccc4ccc3n5-c3ccccc3)c2)cc1. The Morgan fingerprint density at radius 1 is 0.354 bits per heavy atom. The van der Waals surface area contributed by atoms with E-state index in [2.05, 4.69) is 185 Å². The van der Waals surface area contributed by atoms with Gasteiger partial charge in [-0.2, -0.15) is 0 Å². The number of fused-ring (bicyclic) bond motifs is 8. The summed E-state index contributed by atoms with van der Waals surface area (Å²) in [5, 5.41) is 7.40. The van der Waals surface area contributed by atoms with Gasteiger partial charge in [0.15, 0.2) is 0 Å². The molecule has 0 unspecified atom stereocenters. The van der Waals surface area contributed by atoms with Crippen LogP contribution >= 0.6 is 0 Å². The molecular weight excluding hydrogens is 583 g/mol. The van der Waals surface area contributed by atoms with Crippen LogP contribution in [0.25, 0.3) is 88.3 Å². The summed E-state index contributed by atoms with van der Waals surface area (Å²) in [6, 6.07) is 63.0. The monoisotopic (exact) mass is 611 g/mol. The lowest BCUT2D eigenvalue weighted by Crippen LogP contribution is -2.00. The summed E-state index contributed by atoms with van der Waals surface area (Å²) < 4.78 is 4.78. The Hall–Kier alpha value is -6.45. The zero-order valence-corrected chi connectivity index (χ0v) is 26.1. The van der Waals surface area contributed by atoms with Crippen molar-refractivity contribution < 1.29 is 0 Å². The molecule has 10 aromatic rings. The van der Waals surface area contributed by atoms with Crippen molar-refractivity contribution in [1.29, 1.82) is 0 Å². The molecule has 0 bridgehead atoms. The third kappa shape index (κ3) is 4.04. The normalized spacial score (nSPS) is 11.8. The number of benzene rings is 7. The average molecular weight is 612 g/mol. The predicted octanol–water partition coefficient (Wildman–Crippen LogP) is 11.8. The largest absolute Gasteiger partial charge is 0.309 e. The fourth-order valence-corrected chi connectivity index (χ4v) is 7.53. The second-order valence-electron chi connectivity index (χ2n) is 12.4. The highest BCUT2D eigenvalue weighted by atomic mass is 15.1. The quantitative estimate of drug-likeness (QED) is 0.194. The van der Waals surface area contributed by atoms with Crippen LogP contribution in [-0.2, 0) is 0 Å². The number of aromatic nitrogens is 3. The van der Waals surface area contributed by atoms with Crippen molar-refractivity contribution in [3.05, 3.63) is 176 Å². The lowest BCUT2D eigenvalue weighted by atomic mass is 10.0. The van der Waals surface area contributed by atoms with Crippen LogP contribution in [0.4, 0.5) is 0 Å². The Labute approximate surface area is 277 Å². The summed E-state index contributed by atoms with van der Waals surface area (Å²) in [5.41, 5.74) is 10.2. The zero-order valence-electron chi connectivity index (χ0n) is 26.1. The van der Waals surface area contributed by atoms with Crippen molar-refractivity contribution in [2.75, 3.05) is 0 Å². The molecule has 0 radical (unpaired) electrons. The van der Waals surface area contributed by atoms with Gasteiger partial charge in [0.1, 0.15) is 5.82 Å². The number of nitrogens with zero attached hydrogens (tertiary/aromatic N) is 3. The van der Waals surface area contributed by atoms with E-state index in [-0.39, 0.29) is 0 Å². The molecule has 3 heterocycles. The zero-order chi connectivity index (χ0) is 31.6. The van der Waals surface area contributed by atoms with Crippen LogP contribution in [0.2, 0.25) is 0 Å². The third-order valence-electron chi connectivity index (χ3n) is 9.68. The molecule has 0 spiro atoms. The van der Waals surface area contributed by atoms with Gasteiger partial charge in [0.05, 0.1) is 27.8 Å². The van der Waals surface area contributed by atoms with Crippen molar-refractivity contribution in [3.63, 3.8) is 0 Å². The van der Waals surface area contributed by atoms with Crippen LogP contribution in [0.1, 0.15) is 0 Å². The molecule has 0 saturated carbocycles. The van der Waals surface area contributed by atoms with Crippen molar-refractivity contribution >= 4 is 54.4 Å². The van der Waals surface area contributed by atoms with Gasteiger partial charge in [-0.05, 0) is 70.4 Å². The Bertz CT molecular complexity index is 2750. The van der Waals surface area contributed by atoms with Gasteiger partial charge < -0.3 is 4.57 Å². The summed E-state index contributed by atoms with van der Waals surface area (Å²) in [4.78, 5) is 5.37. The van der Waals surface area contributed by atoms with Gasteiger partial charge in [-0.3, -0.25) is 4.57 Å². The average Bonchev–Trinajstić information content (AvgIpc) is 3.67. The first-order valence-electron chi connectivity index (χ1n) is 16.4. The Kier molecular flexibility index (Phi) is 5.87. The van der Waals surface area contributed by atoms with Crippen LogP contribution < -0.4 is 0 Å². The molecule has 0 fully saturated rings. The molecular formula is C45H29N3. The van der Waals surface area contributed by atoms with Crippen LogP contribution in [0.15, 0.2) is 176 Å². The molecule has 0 atom stereocenters. The highest BCUT2D eigenvalue weighted by Crippen LogP contribution is 2.42. The van der Waals surface area contributed by atoms with Gasteiger partial charge in [-0.25, -0.2) is 4.98 Å². The van der Waals surface area contributed by atoms with Crippen molar-refractivity contribution in [3.8, 4) is 33.9 Å². The van der Waals surface area contributed by atoms with E-state index >= 15 is 0 Å². The minimum atomic E-state index is 0.900. The molecule has 3 aromatic heterocycles. The highest BCUT2D eigenvalue weighted by molar-refractivity contribution is 6.25. The summed E-state index contributed by atoms with van der Waals surface area (Å²) >= 11 is 0. The highest BCUT2D eigenvalue weighted by Gasteiger charge is 2.21. The van der Waals surface area contributed by atoms with E-state index in [1.165, 1.54) is 48.9 Å². The maximum Gasteiger partial charge on any atom is 0.138 e. The maximum atomic E-state index is 5.37. The van der Waals surface area contributed by atoms with Crippen LogP contribution in [0.5, 0.6) is 0 Å². The minimum Gasteiger partial charge on any atom is -0.309 e. The van der Waals surface area contributed by atoms with Gasteiger partial charge in [-0.1, -0.05) is 127 Å². The number of rotatable bonds is 4. The van der Waals surface area contributed by atoms with Crippen LogP contribution in [-0.4, -0.2) is 14.1 Å². The van der Waals surface area contributed by atoms with Crippen LogP contribution in [0, 0.1) is 0 Å². The summed E-state index contributed by atoms with van der Waals surface area (Å²) in [6.45, 7) is 0. The first-order valence-corrected chi connectivity index (χ1v) is 16.4. The molecule has 10 rings (SSSR count). The van der Waals surface area contributed by atoms with Gasteiger partial charge in [0.25, 0.3) is 0 Å². The van der Waals surface area contributed by atoms with E-state index in [4.69, 9.17) is 4.98 Å². The molecule has 0 aliphatic rings. The standard InChI is InChI=1S/C45H29N3/c1-4-14-30(15-5-1)33-26-39(32-17-6-2-7-18-32)46-44(27-33)48-40-23-13-12-22-36(40)37-28-43-38(29-42(37)48)45-35-21-11-10-16-31(35)24-25-41(45)47(43)34-19-8-3-9-20-34/h1-29H. The summed E-state index contributed by atoms with van der Waals surface area (Å²) in [5.74, 6) is 0.900. The molecule has 0 aliphatic heterocycles. The van der Waals surface area contributed by atoms with E-state index in [1.807, 2.05) is 0 Å². The Morgan fingerprint density at radius 3 is 1.77 bits per heavy atom. The fraction of sp³-hybridized carbons (Fsp3) is 0.